The van der Waals surface area contributed by atoms with E-state index in [0.717, 1.165) is 24.3 Å². The van der Waals surface area contributed by atoms with Crippen LogP contribution in [0.2, 0.25) is 0 Å². The Morgan fingerprint density at radius 2 is 1.24 bits per heavy atom. The zero-order valence-corrected chi connectivity index (χ0v) is 13.7. The highest BCUT2D eigenvalue weighted by atomic mass is 16.9. The van der Waals surface area contributed by atoms with Gasteiger partial charge in [0.1, 0.15) is 0 Å². The Labute approximate surface area is 143 Å². The first-order chi connectivity index (χ1) is 11.7. The van der Waals surface area contributed by atoms with E-state index in [0.29, 0.717) is 12.8 Å². The number of carbonyl (C=O) groups excluding carboxylic acids is 4. The van der Waals surface area contributed by atoms with Crippen LogP contribution in [0.25, 0.3) is 0 Å². The van der Waals surface area contributed by atoms with Crippen LogP contribution in [0.3, 0.4) is 0 Å². The summed E-state index contributed by atoms with van der Waals surface area (Å²) < 4.78 is 19.5. The summed E-state index contributed by atoms with van der Waals surface area (Å²) >= 11 is 0. The van der Waals surface area contributed by atoms with E-state index in [9.17, 15) is 24.3 Å². The third kappa shape index (κ3) is 4.24. The zero-order valence-electron chi connectivity index (χ0n) is 13.7. The van der Waals surface area contributed by atoms with Gasteiger partial charge in [-0.25, -0.2) is 19.2 Å². The van der Waals surface area contributed by atoms with Crippen molar-refractivity contribution in [3.05, 3.63) is 24.3 Å². The van der Waals surface area contributed by atoms with E-state index in [1.54, 1.807) is 0 Å². The monoisotopic (exact) mass is 354 g/mol. The van der Waals surface area contributed by atoms with Crippen molar-refractivity contribution in [2.45, 2.75) is 44.9 Å². The highest BCUT2D eigenvalue weighted by Crippen LogP contribution is 2.38. The number of hydrogen-bond donors (Lipinski definition) is 1. The van der Waals surface area contributed by atoms with Crippen molar-refractivity contribution < 1.29 is 43.2 Å². The van der Waals surface area contributed by atoms with Gasteiger partial charge < -0.3 is 24.1 Å². The second-order valence-electron chi connectivity index (χ2n) is 5.97. The van der Waals surface area contributed by atoms with Crippen LogP contribution in [-0.2, 0) is 38.1 Å². The molecule has 0 amide bonds. The molecule has 1 N–H and O–H groups in total. The largest absolute Gasteiger partial charge is 0.456 e. The van der Waals surface area contributed by atoms with Crippen molar-refractivity contribution in [2.24, 2.45) is 5.92 Å². The van der Waals surface area contributed by atoms with Gasteiger partial charge in [-0.2, -0.15) is 0 Å². The maximum absolute atomic E-state index is 11.8. The molecule has 0 aliphatic carbocycles. The summed E-state index contributed by atoms with van der Waals surface area (Å²) in [5.74, 6) is -9.75. The molecule has 0 saturated heterocycles. The predicted octanol–water partition coefficient (Wildman–Crippen LogP) is 0.467. The molecule has 0 saturated carbocycles. The molecule has 0 fully saturated rings. The lowest BCUT2D eigenvalue weighted by Crippen LogP contribution is -2.62. The molecule has 0 spiro atoms. The molecule has 2 rings (SSSR count). The van der Waals surface area contributed by atoms with Crippen molar-refractivity contribution in [2.75, 3.05) is 0 Å². The smallest absolute Gasteiger partial charge is 0.409 e. The summed E-state index contributed by atoms with van der Waals surface area (Å²) in [6.45, 7) is 3.87. The quantitative estimate of drug-likeness (QED) is 0.701. The minimum Gasteiger partial charge on any atom is -0.409 e. The molecular weight excluding hydrogens is 336 g/mol. The molecule has 0 aromatic heterocycles. The summed E-state index contributed by atoms with van der Waals surface area (Å²) in [6.07, 6.45) is 3.68. The lowest BCUT2D eigenvalue weighted by atomic mass is 10.0. The van der Waals surface area contributed by atoms with E-state index in [1.807, 2.05) is 13.8 Å². The van der Waals surface area contributed by atoms with E-state index in [4.69, 9.17) is 18.9 Å². The van der Waals surface area contributed by atoms with Crippen LogP contribution >= 0.6 is 0 Å². The predicted molar refractivity (Wildman–Crippen MR) is 79.0 cm³/mol. The maximum Gasteiger partial charge on any atom is 0.456 e. The van der Waals surface area contributed by atoms with Crippen molar-refractivity contribution in [3.8, 4) is 0 Å². The summed E-state index contributed by atoms with van der Waals surface area (Å²) in [5, 5.41) is 10.7. The summed E-state index contributed by atoms with van der Waals surface area (Å²) in [4.78, 5) is 47.0. The van der Waals surface area contributed by atoms with Crippen LogP contribution in [0, 0.1) is 5.92 Å². The molecule has 9 heteroatoms. The molecule has 136 valence electrons. The maximum atomic E-state index is 11.8. The second-order valence-corrected chi connectivity index (χ2v) is 5.97. The average molecular weight is 354 g/mol. The Bertz CT molecular complexity index is 604. The van der Waals surface area contributed by atoms with Gasteiger partial charge in [0.05, 0.1) is 0 Å². The Morgan fingerprint density at radius 1 is 0.840 bits per heavy atom. The topological polar surface area (TPSA) is 125 Å². The number of rotatable bonds is 5. The molecule has 0 unspecified atom stereocenters. The van der Waals surface area contributed by atoms with Crippen molar-refractivity contribution in [1.29, 1.82) is 0 Å². The van der Waals surface area contributed by atoms with Crippen LogP contribution in [-0.4, -0.2) is 40.7 Å². The lowest BCUT2D eigenvalue weighted by molar-refractivity contribution is -0.439. The van der Waals surface area contributed by atoms with E-state index < -0.39 is 35.6 Å². The highest BCUT2D eigenvalue weighted by Gasteiger charge is 2.65. The lowest BCUT2D eigenvalue weighted by Gasteiger charge is -2.40. The van der Waals surface area contributed by atoms with Gasteiger partial charge in [0, 0.05) is 30.7 Å². The Kier molecular flexibility index (Phi) is 5.27. The summed E-state index contributed by atoms with van der Waals surface area (Å²) in [6, 6.07) is 0. The second kappa shape index (κ2) is 7.06. The number of cyclic esters (lactones) is 4. The first-order valence-electron chi connectivity index (χ1n) is 7.66. The standard InChI is InChI=1S/C16H18O9/c1-10(2)4-3-9-15(22-11(17)5-6-12(18)23-15)16(21)24-13(19)7-8-14(20)25-16/h5-8,10,21H,3-4,9H2,1-2H3. The van der Waals surface area contributed by atoms with Crippen LogP contribution in [0.4, 0.5) is 0 Å². The Balaban J connectivity index is 2.42. The molecule has 0 atom stereocenters. The molecule has 0 radical (unpaired) electrons. The number of hydrogen-bond acceptors (Lipinski definition) is 9. The molecule has 0 bridgehead atoms. The van der Waals surface area contributed by atoms with Gasteiger partial charge in [0.2, 0.25) is 0 Å². The fraction of sp³-hybridized carbons (Fsp3) is 0.500. The van der Waals surface area contributed by atoms with E-state index in [1.165, 1.54) is 0 Å². The van der Waals surface area contributed by atoms with Gasteiger partial charge in [-0.15, -0.1) is 0 Å². The van der Waals surface area contributed by atoms with Crippen molar-refractivity contribution >= 4 is 23.9 Å². The van der Waals surface area contributed by atoms with Crippen LogP contribution in [0.5, 0.6) is 0 Å². The molecule has 2 aliphatic heterocycles. The van der Waals surface area contributed by atoms with Crippen molar-refractivity contribution in [1.82, 2.24) is 0 Å². The molecule has 0 aromatic carbocycles. The summed E-state index contributed by atoms with van der Waals surface area (Å²) in [5.41, 5.74) is 0. The number of carbonyl (C=O) groups is 4. The average Bonchev–Trinajstić information content (AvgIpc) is 2.72. The Hall–Kier alpha value is -2.68. The number of aliphatic hydroxyl groups is 1. The SMILES string of the molecule is CC(C)CCCC1(C2(O)OC(=O)C=CC(=O)O2)OC(=O)C=CC(=O)O1. The number of esters is 4. The van der Waals surface area contributed by atoms with E-state index >= 15 is 0 Å². The van der Waals surface area contributed by atoms with Gasteiger partial charge >= 0.3 is 35.6 Å². The third-order valence-electron chi connectivity index (χ3n) is 3.49. The van der Waals surface area contributed by atoms with E-state index in [2.05, 4.69) is 0 Å². The van der Waals surface area contributed by atoms with Crippen molar-refractivity contribution in [3.63, 3.8) is 0 Å². The third-order valence-corrected chi connectivity index (χ3v) is 3.49. The zero-order chi connectivity index (χ0) is 18.7. The molecule has 2 aliphatic rings. The van der Waals surface area contributed by atoms with Gasteiger partial charge in [-0.05, 0) is 12.3 Å². The van der Waals surface area contributed by atoms with Gasteiger partial charge in [-0.1, -0.05) is 20.3 Å². The minimum absolute atomic E-state index is 0.253. The fourth-order valence-electron chi connectivity index (χ4n) is 2.34. The van der Waals surface area contributed by atoms with Gasteiger partial charge in [0.25, 0.3) is 0 Å². The summed E-state index contributed by atoms with van der Waals surface area (Å²) in [7, 11) is 0. The number of ether oxygens (including phenoxy) is 4. The molecule has 25 heavy (non-hydrogen) atoms. The van der Waals surface area contributed by atoms with E-state index in [-0.39, 0.29) is 12.3 Å². The van der Waals surface area contributed by atoms with Gasteiger partial charge in [-0.3, -0.25) is 0 Å². The first kappa shape index (κ1) is 18.7. The molecule has 0 aromatic rings. The molecule has 9 nitrogen and oxygen atoms in total. The Morgan fingerprint density at radius 3 is 1.64 bits per heavy atom. The fourth-order valence-corrected chi connectivity index (χ4v) is 2.34. The molecule has 2 heterocycles. The van der Waals surface area contributed by atoms with Crippen LogP contribution in [0.1, 0.15) is 33.1 Å². The van der Waals surface area contributed by atoms with Gasteiger partial charge in [0.15, 0.2) is 0 Å². The normalized spacial score (nSPS) is 21.8. The first-order valence-corrected chi connectivity index (χ1v) is 7.66. The van der Waals surface area contributed by atoms with Crippen LogP contribution < -0.4 is 0 Å². The highest BCUT2D eigenvalue weighted by molar-refractivity contribution is 5.95. The van der Waals surface area contributed by atoms with Crippen LogP contribution in [0.15, 0.2) is 24.3 Å². The minimum atomic E-state index is -3.13. The molecular formula is C16H18O9.